The summed E-state index contributed by atoms with van der Waals surface area (Å²) < 4.78 is 36.6. The Balaban J connectivity index is 2.49. The maximum absolute atomic E-state index is 12.2. The molecule has 5 heteroatoms. The normalized spacial score (nSPS) is 10.9. The lowest BCUT2D eigenvalue weighted by Crippen LogP contribution is -2.07. The van der Waals surface area contributed by atoms with Gasteiger partial charge in [0.05, 0.1) is 5.56 Å². The monoisotopic (exact) mass is 228 g/mol. The Labute approximate surface area is 91.9 Å². The van der Waals surface area contributed by atoms with Crippen LogP contribution in [0.1, 0.15) is 18.4 Å². The maximum Gasteiger partial charge on any atom is 0.417 e. The Kier molecular flexibility index (Phi) is 4.18. The second-order valence-electron chi connectivity index (χ2n) is 3.16. The Morgan fingerprint density at radius 1 is 1.38 bits per heavy atom. The lowest BCUT2D eigenvalue weighted by Gasteiger charge is -2.07. The molecule has 0 fully saturated rings. The molecule has 1 rings (SSSR count). The Morgan fingerprint density at radius 2 is 2.12 bits per heavy atom. The van der Waals surface area contributed by atoms with Crippen LogP contribution < -0.4 is 5.32 Å². The molecule has 2 nitrogen and oxygen atoms in total. The van der Waals surface area contributed by atoms with Gasteiger partial charge in [-0.1, -0.05) is 0 Å². The Morgan fingerprint density at radius 3 is 2.62 bits per heavy atom. The number of hydrogen-bond acceptors (Lipinski definition) is 2. The van der Waals surface area contributed by atoms with E-state index < -0.39 is 11.7 Å². The summed E-state index contributed by atoms with van der Waals surface area (Å²) in [5.74, 6) is 2.90. The molecule has 0 spiro atoms. The van der Waals surface area contributed by atoms with E-state index in [0.29, 0.717) is 18.8 Å². The molecule has 1 heterocycles. The molecule has 0 unspecified atom stereocenters. The standard InChI is InChI=1S/C11H11F3N2/c1-2-3-4-7-15-10-6-5-9(8-16-10)11(12,13)14/h1,5-6,8H,3-4,7H2,(H,15,16). The predicted octanol–water partition coefficient (Wildman–Crippen LogP) is 2.93. The fourth-order valence-corrected chi connectivity index (χ4v) is 1.07. The largest absolute Gasteiger partial charge is 0.417 e. The van der Waals surface area contributed by atoms with Crippen LogP contribution in [0.25, 0.3) is 0 Å². The molecule has 0 aliphatic carbocycles. The van der Waals surface area contributed by atoms with E-state index in [9.17, 15) is 13.2 Å². The van der Waals surface area contributed by atoms with Crippen LogP contribution in [0.4, 0.5) is 19.0 Å². The topological polar surface area (TPSA) is 24.9 Å². The summed E-state index contributed by atoms with van der Waals surface area (Å²) >= 11 is 0. The molecule has 0 saturated carbocycles. The Hall–Kier alpha value is -1.70. The van der Waals surface area contributed by atoms with Crippen LogP contribution in [0.3, 0.4) is 0 Å². The van der Waals surface area contributed by atoms with E-state index >= 15 is 0 Å². The fraction of sp³-hybridized carbons (Fsp3) is 0.364. The minimum atomic E-state index is -4.34. The molecule has 1 aromatic heterocycles. The first-order valence-corrected chi connectivity index (χ1v) is 4.74. The highest BCUT2D eigenvalue weighted by molar-refractivity contribution is 5.35. The molecule has 0 aromatic carbocycles. The summed E-state index contributed by atoms with van der Waals surface area (Å²) in [6.45, 7) is 0.600. The van der Waals surface area contributed by atoms with Gasteiger partial charge in [0.2, 0.25) is 0 Å². The van der Waals surface area contributed by atoms with Crippen molar-refractivity contribution < 1.29 is 13.2 Å². The van der Waals surface area contributed by atoms with Crippen LogP contribution >= 0.6 is 0 Å². The van der Waals surface area contributed by atoms with E-state index in [2.05, 4.69) is 16.2 Å². The number of unbranched alkanes of at least 4 members (excludes halogenated alkanes) is 1. The van der Waals surface area contributed by atoms with Gasteiger partial charge in [-0.3, -0.25) is 0 Å². The molecule has 0 radical (unpaired) electrons. The third-order valence-corrected chi connectivity index (χ3v) is 1.89. The van der Waals surface area contributed by atoms with Crippen molar-refractivity contribution in [2.45, 2.75) is 19.0 Å². The van der Waals surface area contributed by atoms with Crippen LogP contribution in [0, 0.1) is 12.3 Å². The zero-order valence-corrected chi connectivity index (χ0v) is 8.51. The molecule has 16 heavy (non-hydrogen) atoms. The Bertz CT molecular complexity index is 362. The minimum absolute atomic E-state index is 0.421. The van der Waals surface area contributed by atoms with E-state index in [-0.39, 0.29) is 0 Å². The molecule has 0 atom stereocenters. The molecule has 0 aliphatic heterocycles. The second kappa shape index (κ2) is 5.40. The van der Waals surface area contributed by atoms with Crippen LogP contribution in [0.2, 0.25) is 0 Å². The number of halogens is 3. The van der Waals surface area contributed by atoms with Gasteiger partial charge in [-0.15, -0.1) is 12.3 Å². The zero-order chi connectivity index (χ0) is 12.0. The van der Waals surface area contributed by atoms with Crippen molar-refractivity contribution in [1.29, 1.82) is 0 Å². The molecule has 0 amide bonds. The van der Waals surface area contributed by atoms with Gasteiger partial charge >= 0.3 is 6.18 Å². The van der Waals surface area contributed by atoms with Gasteiger partial charge in [-0.25, -0.2) is 4.98 Å². The number of aromatic nitrogens is 1. The van der Waals surface area contributed by atoms with Gasteiger partial charge in [0.15, 0.2) is 0 Å². The molecule has 86 valence electrons. The highest BCUT2D eigenvalue weighted by Gasteiger charge is 2.30. The van der Waals surface area contributed by atoms with Crippen LogP contribution in [0.5, 0.6) is 0 Å². The van der Waals surface area contributed by atoms with Crippen molar-refractivity contribution in [1.82, 2.24) is 4.98 Å². The number of pyridine rings is 1. The van der Waals surface area contributed by atoms with E-state index in [1.54, 1.807) is 0 Å². The van der Waals surface area contributed by atoms with Gasteiger partial charge in [0.1, 0.15) is 5.82 Å². The van der Waals surface area contributed by atoms with Gasteiger partial charge in [-0.05, 0) is 18.6 Å². The molecule has 1 N–H and O–H groups in total. The molecule has 1 aromatic rings. The average molecular weight is 228 g/mol. The van der Waals surface area contributed by atoms with Crippen molar-refractivity contribution in [3.63, 3.8) is 0 Å². The third kappa shape index (κ3) is 3.81. The highest BCUT2D eigenvalue weighted by atomic mass is 19.4. The quantitative estimate of drug-likeness (QED) is 0.633. The van der Waals surface area contributed by atoms with Gasteiger partial charge < -0.3 is 5.32 Å². The van der Waals surface area contributed by atoms with E-state index in [1.807, 2.05) is 0 Å². The maximum atomic E-state index is 12.2. The second-order valence-corrected chi connectivity index (χ2v) is 3.16. The third-order valence-electron chi connectivity index (χ3n) is 1.89. The van der Waals surface area contributed by atoms with Crippen LogP contribution in [0.15, 0.2) is 18.3 Å². The predicted molar refractivity (Wildman–Crippen MR) is 55.8 cm³/mol. The summed E-state index contributed by atoms with van der Waals surface area (Å²) in [7, 11) is 0. The summed E-state index contributed by atoms with van der Waals surface area (Å²) in [5, 5.41) is 2.88. The van der Waals surface area contributed by atoms with E-state index in [4.69, 9.17) is 6.42 Å². The van der Waals surface area contributed by atoms with Gasteiger partial charge in [0, 0.05) is 19.2 Å². The van der Waals surface area contributed by atoms with Crippen molar-refractivity contribution in [2.75, 3.05) is 11.9 Å². The number of alkyl halides is 3. The zero-order valence-electron chi connectivity index (χ0n) is 8.51. The highest BCUT2D eigenvalue weighted by Crippen LogP contribution is 2.28. The molecule has 0 saturated heterocycles. The lowest BCUT2D eigenvalue weighted by molar-refractivity contribution is -0.137. The summed E-state index contributed by atoms with van der Waals surface area (Å²) in [5.41, 5.74) is -0.748. The number of nitrogens with one attached hydrogen (secondary N) is 1. The summed E-state index contributed by atoms with van der Waals surface area (Å²) in [6.07, 6.45) is 2.92. The molecule has 0 aliphatic rings. The fourth-order valence-electron chi connectivity index (χ4n) is 1.07. The number of nitrogens with zero attached hydrogens (tertiary/aromatic N) is 1. The van der Waals surface area contributed by atoms with E-state index in [0.717, 1.165) is 18.7 Å². The number of hydrogen-bond donors (Lipinski definition) is 1. The van der Waals surface area contributed by atoms with Crippen molar-refractivity contribution in [3.8, 4) is 12.3 Å². The number of rotatable bonds is 4. The molecular weight excluding hydrogens is 217 g/mol. The smallest absolute Gasteiger partial charge is 0.370 e. The van der Waals surface area contributed by atoms with Crippen molar-refractivity contribution >= 4 is 5.82 Å². The first-order chi connectivity index (χ1) is 7.54. The lowest BCUT2D eigenvalue weighted by atomic mass is 10.2. The number of terminal acetylenes is 1. The SMILES string of the molecule is C#CCCCNc1ccc(C(F)(F)F)cn1. The molecular formula is C11H11F3N2. The molecule has 0 bridgehead atoms. The minimum Gasteiger partial charge on any atom is -0.370 e. The van der Waals surface area contributed by atoms with Crippen molar-refractivity contribution in [3.05, 3.63) is 23.9 Å². The van der Waals surface area contributed by atoms with Crippen molar-refractivity contribution in [2.24, 2.45) is 0 Å². The first-order valence-electron chi connectivity index (χ1n) is 4.74. The number of anilines is 1. The first kappa shape index (κ1) is 12.4. The van der Waals surface area contributed by atoms with Crippen LogP contribution in [-0.2, 0) is 6.18 Å². The van der Waals surface area contributed by atoms with E-state index in [1.165, 1.54) is 6.07 Å². The summed E-state index contributed by atoms with van der Waals surface area (Å²) in [4.78, 5) is 3.66. The van der Waals surface area contributed by atoms with Gasteiger partial charge in [0.25, 0.3) is 0 Å². The average Bonchev–Trinajstić information content (AvgIpc) is 2.24. The summed E-state index contributed by atoms with van der Waals surface area (Å²) in [6, 6.07) is 2.30. The van der Waals surface area contributed by atoms with Gasteiger partial charge in [-0.2, -0.15) is 13.2 Å². The van der Waals surface area contributed by atoms with Crippen LogP contribution in [-0.4, -0.2) is 11.5 Å².